The highest BCUT2D eigenvalue weighted by molar-refractivity contribution is 6.64. The number of rotatable bonds is 0. The molecule has 1 atom stereocenters. The van der Waals surface area contributed by atoms with Crippen LogP contribution in [0.15, 0.2) is 0 Å². The van der Waals surface area contributed by atoms with Gasteiger partial charge in [-0.2, -0.15) is 0 Å². The normalized spacial score (nSPS) is 23.8. The van der Waals surface area contributed by atoms with Gasteiger partial charge in [0.25, 0.3) is 0 Å². The average Bonchev–Trinajstić information content (AvgIpc) is 2.07. The summed E-state index contributed by atoms with van der Waals surface area (Å²) in [6.45, 7) is 1.35. The molecule has 0 aromatic heterocycles. The fourth-order valence-electron chi connectivity index (χ4n) is 0.708. The van der Waals surface area contributed by atoms with Crippen molar-refractivity contribution in [3.05, 3.63) is 0 Å². The molecule has 0 N–H and O–H groups in total. The average molecular weight is 178 g/mol. The minimum atomic E-state index is -1.01. The number of carbonyl (C=O) groups is 3. The van der Waals surface area contributed by atoms with Crippen LogP contribution in [0.25, 0.3) is 0 Å². The van der Waals surface area contributed by atoms with Crippen LogP contribution in [0.1, 0.15) is 6.92 Å². The molecular weight excluding hydrogens is 174 g/mol. The van der Waals surface area contributed by atoms with Crippen LogP contribution >= 0.6 is 11.6 Å². The third kappa shape index (κ3) is 1.19. The zero-order valence-electron chi connectivity index (χ0n) is 5.54. The first kappa shape index (κ1) is 8.00. The lowest BCUT2D eigenvalue weighted by Crippen LogP contribution is -2.34. The van der Waals surface area contributed by atoms with Crippen molar-refractivity contribution >= 4 is 29.0 Å². The molecule has 1 saturated heterocycles. The maximum absolute atomic E-state index is 10.6. The molecular formula is C5H4ClNO4. The van der Waals surface area contributed by atoms with Crippen LogP contribution in [0, 0.1) is 0 Å². The van der Waals surface area contributed by atoms with Crippen LogP contribution in [0.3, 0.4) is 0 Å². The minimum Gasteiger partial charge on any atom is -0.374 e. The maximum Gasteiger partial charge on any atom is 0.426 e. The number of hydrogen-bond donors (Lipinski definition) is 0. The number of hydrogen-bond acceptors (Lipinski definition) is 4. The molecule has 1 fully saturated rings. The van der Waals surface area contributed by atoms with Crippen LogP contribution in [-0.2, 0) is 9.53 Å². The summed E-state index contributed by atoms with van der Waals surface area (Å²) in [6.07, 6.45) is -1.01. The minimum absolute atomic E-state index is 0.546. The van der Waals surface area contributed by atoms with Crippen LogP contribution in [-0.4, -0.2) is 28.4 Å². The topological polar surface area (TPSA) is 63.7 Å². The summed E-state index contributed by atoms with van der Waals surface area (Å²) >= 11 is 4.97. The van der Waals surface area contributed by atoms with Crippen molar-refractivity contribution in [2.24, 2.45) is 0 Å². The van der Waals surface area contributed by atoms with Crippen molar-refractivity contribution in [3.8, 4) is 0 Å². The van der Waals surface area contributed by atoms with Crippen molar-refractivity contribution in [1.29, 1.82) is 0 Å². The molecule has 1 aliphatic heterocycles. The Morgan fingerprint density at radius 1 is 1.64 bits per heavy atom. The fourth-order valence-corrected chi connectivity index (χ4v) is 0.923. The highest BCUT2D eigenvalue weighted by Crippen LogP contribution is 2.15. The van der Waals surface area contributed by atoms with Gasteiger partial charge in [0, 0.05) is 0 Å². The van der Waals surface area contributed by atoms with E-state index in [0.717, 1.165) is 0 Å². The zero-order valence-corrected chi connectivity index (χ0v) is 6.29. The molecule has 0 spiro atoms. The number of esters is 1. The Morgan fingerprint density at radius 2 is 2.18 bits per heavy atom. The lowest BCUT2D eigenvalue weighted by atomic mass is 10.3. The summed E-state index contributed by atoms with van der Waals surface area (Å²) in [6, 6.07) is -0.910. The van der Waals surface area contributed by atoms with E-state index in [9.17, 15) is 14.4 Å². The molecule has 1 rings (SSSR count). The van der Waals surface area contributed by atoms with Crippen molar-refractivity contribution < 1.29 is 19.1 Å². The molecule has 0 radical (unpaired) electrons. The Labute approximate surface area is 66.9 Å². The smallest absolute Gasteiger partial charge is 0.374 e. The summed E-state index contributed by atoms with van der Waals surface area (Å²) in [4.78, 5) is 32.2. The van der Waals surface area contributed by atoms with E-state index in [4.69, 9.17) is 11.6 Å². The maximum atomic E-state index is 10.6. The predicted molar refractivity (Wildman–Crippen MR) is 34.0 cm³/mol. The number of nitrogens with zero attached hydrogens (tertiary/aromatic N) is 1. The number of cyclic esters (lactones) is 2. The molecule has 0 aromatic carbocycles. The second-order valence-electron chi connectivity index (χ2n) is 1.99. The van der Waals surface area contributed by atoms with Gasteiger partial charge in [0.15, 0.2) is 0 Å². The molecule has 0 saturated carbocycles. The molecule has 0 bridgehead atoms. The van der Waals surface area contributed by atoms with E-state index in [2.05, 4.69) is 4.74 Å². The van der Waals surface area contributed by atoms with Crippen LogP contribution in [0.5, 0.6) is 0 Å². The standard InChI is InChI=1S/C5H4ClNO4/c1-2-3(8)11-5(10)7(2)4(6)9/h2H,1H3. The highest BCUT2D eigenvalue weighted by Gasteiger charge is 2.41. The quantitative estimate of drug-likeness (QED) is 0.237. The Bertz CT molecular complexity index is 239. The molecule has 11 heavy (non-hydrogen) atoms. The highest BCUT2D eigenvalue weighted by atomic mass is 35.5. The molecule has 6 heteroatoms. The molecule has 1 heterocycles. The molecule has 0 aromatic rings. The van der Waals surface area contributed by atoms with Crippen molar-refractivity contribution in [2.45, 2.75) is 13.0 Å². The van der Waals surface area contributed by atoms with Gasteiger partial charge >= 0.3 is 17.4 Å². The van der Waals surface area contributed by atoms with Gasteiger partial charge in [-0.25, -0.2) is 14.5 Å². The number of amides is 2. The monoisotopic (exact) mass is 177 g/mol. The van der Waals surface area contributed by atoms with Gasteiger partial charge in [0.1, 0.15) is 6.04 Å². The van der Waals surface area contributed by atoms with Crippen LogP contribution in [0.2, 0.25) is 0 Å². The second kappa shape index (κ2) is 2.50. The van der Waals surface area contributed by atoms with E-state index in [1.165, 1.54) is 6.92 Å². The van der Waals surface area contributed by atoms with Gasteiger partial charge in [-0.15, -0.1) is 0 Å². The number of imide groups is 1. The summed E-state index contributed by atoms with van der Waals surface area (Å²) in [5.74, 6) is -0.760. The first-order valence-electron chi connectivity index (χ1n) is 2.78. The Kier molecular flexibility index (Phi) is 1.82. The Morgan fingerprint density at radius 3 is 2.36 bits per heavy atom. The van der Waals surface area contributed by atoms with Gasteiger partial charge in [-0.1, -0.05) is 0 Å². The molecule has 2 amide bonds. The van der Waals surface area contributed by atoms with Crippen molar-refractivity contribution in [3.63, 3.8) is 0 Å². The lowest BCUT2D eigenvalue weighted by Gasteiger charge is -2.08. The van der Waals surface area contributed by atoms with Gasteiger partial charge in [-0.3, -0.25) is 4.79 Å². The molecule has 1 aliphatic rings. The van der Waals surface area contributed by atoms with E-state index < -0.39 is 23.5 Å². The number of ether oxygens (including phenoxy) is 1. The van der Waals surface area contributed by atoms with E-state index >= 15 is 0 Å². The van der Waals surface area contributed by atoms with Crippen molar-refractivity contribution in [1.82, 2.24) is 4.90 Å². The number of carbonyl (C=O) groups excluding carboxylic acids is 3. The zero-order chi connectivity index (χ0) is 8.59. The first-order chi connectivity index (χ1) is 5.04. The first-order valence-corrected chi connectivity index (χ1v) is 3.16. The van der Waals surface area contributed by atoms with Gasteiger partial charge in [0.05, 0.1) is 0 Å². The third-order valence-electron chi connectivity index (χ3n) is 1.30. The van der Waals surface area contributed by atoms with Crippen LogP contribution < -0.4 is 0 Å². The Balaban J connectivity index is 2.88. The van der Waals surface area contributed by atoms with E-state index in [1.807, 2.05) is 0 Å². The van der Waals surface area contributed by atoms with E-state index in [0.29, 0.717) is 4.90 Å². The van der Waals surface area contributed by atoms with E-state index in [1.54, 1.807) is 0 Å². The summed E-state index contributed by atoms with van der Waals surface area (Å²) in [5, 5.41) is -1.01. The number of halogens is 1. The lowest BCUT2D eigenvalue weighted by molar-refractivity contribution is -0.135. The van der Waals surface area contributed by atoms with Gasteiger partial charge < -0.3 is 4.74 Å². The molecule has 1 unspecified atom stereocenters. The van der Waals surface area contributed by atoms with E-state index in [-0.39, 0.29) is 0 Å². The third-order valence-corrected chi connectivity index (χ3v) is 1.48. The van der Waals surface area contributed by atoms with Crippen LogP contribution in [0.4, 0.5) is 9.59 Å². The summed E-state index contributed by atoms with van der Waals surface area (Å²) in [5.41, 5.74) is 0. The SMILES string of the molecule is CC1C(=O)OC(=O)N1C(=O)Cl. The molecule has 5 nitrogen and oxygen atoms in total. The fraction of sp³-hybridized carbons (Fsp3) is 0.400. The summed E-state index contributed by atoms with van der Waals surface area (Å²) in [7, 11) is 0. The second-order valence-corrected chi connectivity index (χ2v) is 2.31. The summed E-state index contributed by atoms with van der Waals surface area (Å²) < 4.78 is 4.09. The van der Waals surface area contributed by atoms with Crippen molar-refractivity contribution in [2.75, 3.05) is 0 Å². The molecule has 60 valence electrons. The largest absolute Gasteiger partial charge is 0.426 e. The van der Waals surface area contributed by atoms with Gasteiger partial charge in [0.2, 0.25) is 0 Å². The van der Waals surface area contributed by atoms with Gasteiger partial charge in [-0.05, 0) is 18.5 Å². The Hall–Kier alpha value is -1.10. The predicted octanol–water partition coefficient (Wildman–Crippen LogP) is 0.713. The molecule has 0 aliphatic carbocycles.